The highest BCUT2D eigenvalue weighted by atomic mass is 79.9. The zero-order valence-electron chi connectivity index (χ0n) is 15.7. The summed E-state index contributed by atoms with van der Waals surface area (Å²) in [5.41, 5.74) is 0.653. The van der Waals surface area contributed by atoms with Crippen LogP contribution in [0.25, 0.3) is 0 Å². The topological polar surface area (TPSA) is 62.5 Å². The molecule has 7 heteroatoms. The second-order valence-electron chi connectivity index (χ2n) is 7.06. The van der Waals surface area contributed by atoms with E-state index in [1.54, 1.807) is 13.2 Å². The fraction of sp³-hybridized carbons (Fsp3) is 0.474. The Morgan fingerprint density at radius 2 is 2.08 bits per heavy atom. The molecule has 0 fully saturated rings. The molecule has 0 saturated carbocycles. The molecule has 0 aliphatic carbocycles. The third-order valence-electron chi connectivity index (χ3n) is 3.85. The molecule has 0 amide bonds. The molecule has 26 heavy (non-hydrogen) atoms. The van der Waals surface area contributed by atoms with Crippen molar-refractivity contribution in [3.05, 3.63) is 51.9 Å². The number of benzene rings is 1. The number of nitrogens with one attached hydrogen (secondary N) is 2. The summed E-state index contributed by atoms with van der Waals surface area (Å²) in [7, 11) is 1.71. The van der Waals surface area contributed by atoms with Crippen LogP contribution in [0.15, 0.2) is 38.3 Å². The van der Waals surface area contributed by atoms with E-state index < -0.39 is 0 Å². The summed E-state index contributed by atoms with van der Waals surface area (Å²) in [6, 6.07) is 5.15. The quantitative estimate of drug-likeness (QED) is 0.414. The van der Waals surface area contributed by atoms with Crippen LogP contribution in [0.4, 0.5) is 4.39 Å². The van der Waals surface area contributed by atoms with Crippen LogP contribution >= 0.6 is 15.9 Å². The van der Waals surface area contributed by atoms with Gasteiger partial charge in [-0.2, -0.15) is 0 Å². The van der Waals surface area contributed by atoms with Crippen molar-refractivity contribution < 1.29 is 8.81 Å². The lowest BCUT2D eigenvalue weighted by molar-refractivity contribution is 0.379. The number of aliphatic imine (C=N–C) groups is 1. The standard InChI is InChI=1S/C19H26BrFN4O/c1-19(2,3)16-11-24-17(26-16)12-25-18(22-4)23-9-5-6-13-7-8-14(20)10-15(13)21/h7-8,10-11H,5-6,9,12H2,1-4H3,(H2,22,23,25). The van der Waals surface area contributed by atoms with E-state index in [1.165, 1.54) is 6.07 Å². The van der Waals surface area contributed by atoms with Gasteiger partial charge in [-0.3, -0.25) is 4.99 Å². The third kappa shape index (κ3) is 6.12. The highest BCUT2D eigenvalue weighted by molar-refractivity contribution is 9.10. The van der Waals surface area contributed by atoms with E-state index >= 15 is 0 Å². The van der Waals surface area contributed by atoms with Gasteiger partial charge in [-0.15, -0.1) is 0 Å². The van der Waals surface area contributed by atoms with Gasteiger partial charge in [0.25, 0.3) is 0 Å². The summed E-state index contributed by atoms with van der Waals surface area (Å²) >= 11 is 3.27. The van der Waals surface area contributed by atoms with Crippen LogP contribution in [0.5, 0.6) is 0 Å². The molecule has 0 unspecified atom stereocenters. The molecule has 0 radical (unpaired) electrons. The number of aryl methyl sites for hydroxylation is 1. The van der Waals surface area contributed by atoms with Crippen molar-refractivity contribution in [2.24, 2.45) is 4.99 Å². The molecule has 1 heterocycles. The maximum absolute atomic E-state index is 13.8. The van der Waals surface area contributed by atoms with Crippen molar-refractivity contribution in [2.45, 2.75) is 45.6 Å². The van der Waals surface area contributed by atoms with Crippen molar-refractivity contribution in [3.8, 4) is 0 Å². The summed E-state index contributed by atoms with van der Waals surface area (Å²) in [6.45, 7) is 7.39. The second-order valence-corrected chi connectivity index (χ2v) is 7.98. The Morgan fingerprint density at radius 1 is 1.31 bits per heavy atom. The first-order valence-electron chi connectivity index (χ1n) is 8.63. The van der Waals surface area contributed by atoms with Crippen LogP contribution < -0.4 is 10.6 Å². The first kappa shape index (κ1) is 20.4. The molecule has 142 valence electrons. The first-order chi connectivity index (χ1) is 12.3. The number of aromatic nitrogens is 1. The largest absolute Gasteiger partial charge is 0.443 e. The minimum Gasteiger partial charge on any atom is -0.443 e. The first-order valence-corrected chi connectivity index (χ1v) is 9.42. The van der Waals surface area contributed by atoms with E-state index in [1.807, 2.05) is 12.1 Å². The van der Waals surface area contributed by atoms with E-state index in [-0.39, 0.29) is 11.2 Å². The van der Waals surface area contributed by atoms with E-state index in [2.05, 4.69) is 57.3 Å². The molecular formula is C19H26BrFN4O. The van der Waals surface area contributed by atoms with Gasteiger partial charge in [-0.05, 0) is 30.5 Å². The van der Waals surface area contributed by atoms with Crippen LogP contribution in [0.3, 0.4) is 0 Å². The van der Waals surface area contributed by atoms with Gasteiger partial charge >= 0.3 is 0 Å². The molecule has 2 N–H and O–H groups in total. The third-order valence-corrected chi connectivity index (χ3v) is 4.35. The molecule has 0 atom stereocenters. The van der Waals surface area contributed by atoms with Gasteiger partial charge in [0.15, 0.2) is 5.96 Å². The molecule has 0 aliphatic heterocycles. The predicted octanol–water partition coefficient (Wildman–Crippen LogP) is 4.17. The van der Waals surface area contributed by atoms with Gasteiger partial charge in [0, 0.05) is 23.5 Å². The molecule has 0 aliphatic rings. The Kier molecular flexibility index (Phi) is 7.20. The number of guanidine groups is 1. The Labute approximate surface area is 162 Å². The number of oxazole rings is 1. The maximum atomic E-state index is 13.8. The Hall–Kier alpha value is -1.89. The van der Waals surface area contributed by atoms with Gasteiger partial charge in [0.2, 0.25) is 5.89 Å². The molecule has 1 aromatic carbocycles. The van der Waals surface area contributed by atoms with Crippen LogP contribution in [0.1, 0.15) is 44.4 Å². The van der Waals surface area contributed by atoms with Crippen molar-refractivity contribution in [2.75, 3.05) is 13.6 Å². The lowest BCUT2D eigenvalue weighted by Gasteiger charge is -2.13. The molecule has 0 bridgehead atoms. The molecule has 2 rings (SSSR count). The number of nitrogens with zero attached hydrogens (tertiary/aromatic N) is 2. The summed E-state index contributed by atoms with van der Waals surface area (Å²) in [4.78, 5) is 8.46. The van der Waals surface area contributed by atoms with Gasteiger partial charge in [0.1, 0.15) is 11.6 Å². The van der Waals surface area contributed by atoms with Gasteiger partial charge < -0.3 is 15.1 Å². The monoisotopic (exact) mass is 424 g/mol. The van der Waals surface area contributed by atoms with Crippen molar-refractivity contribution in [1.29, 1.82) is 0 Å². The summed E-state index contributed by atoms with van der Waals surface area (Å²) < 4.78 is 20.3. The zero-order chi connectivity index (χ0) is 19.2. The highest BCUT2D eigenvalue weighted by Gasteiger charge is 2.19. The Bertz CT molecular complexity index is 752. The van der Waals surface area contributed by atoms with E-state index in [0.717, 1.165) is 16.7 Å². The molecule has 0 saturated heterocycles. The van der Waals surface area contributed by atoms with Crippen LogP contribution in [-0.4, -0.2) is 24.5 Å². The van der Waals surface area contributed by atoms with Gasteiger partial charge in [-0.1, -0.05) is 42.8 Å². The molecule has 2 aromatic rings. The van der Waals surface area contributed by atoms with Crippen molar-refractivity contribution >= 4 is 21.9 Å². The molecule has 5 nitrogen and oxygen atoms in total. The van der Waals surface area contributed by atoms with Crippen molar-refractivity contribution in [1.82, 2.24) is 15.6 Å². The summed E-state index contributed by atoms with van der Waals surface area (Å²) in [5.74, 6) is 1.96. The predicted molar refractivity (Wildman–Crippen MR) is 106 cm³/mol. The SMILES string of the molecule is CN=C(NCCCc1ccc(Br)cc1F)NCc1ncc(C(C)(C)C)o1. The Balaban J connectivity index is 1.75. The van der Waals surface area contributed by atoms with Crippen LogP contribution in [0, 0.1) is 5.82 Å². The minimum absolute atomic E-state index is 0.0620. The van der Waals surface area contributed by atoms with Gasteiger partial charge in [0.05, 0.1) is 12.7 Å². The highest BCUT2D eigenvalue weighted by Crippen LogP contribution is 2.22. The molecule has 0 spiro atoms. The smallest absolute Gasteiger partial charge is 0.213 e. The Morgan fingerprint density at radius 3 is 2.69 bits per heavy atom. The normalized spacial score (nSPS) is 12.3. The van der Waals surface area contributed by atoms with Crippen LogP contribution in [0.2, 0.25) is 0 Å². The fourth-order valence-electron chi connectivity index (χ4n) is 2.33. The number of rotatable bonds is 6. The van der Waals surface area contributed by atoms with Crippen LogP contribution in [-0.2, 0) is 18.4 Å². The number of hydrogen-bond acceptors (Lipinski definition) is 3. The summed E-state index contributed by atoms with van der Waals surface area (Å²) in [5, 5.41) is 6.39. The van der Waals surface area contributed by atoms with E-state index in [0.29, 0.717) is 36.9 Å². The number of halogens is 2. The average Bonchev–Trinajstić information content (AvgIpc) is 3.05. The minimum atomic E-state index is -0.180. The van der Waals surface area contributed by atoms with E-state index in [4.69, 9.17) is 4.42 Å². The zero-order valence-corrected chi connectivity index (χ0v) is 17.3. The lowest BCUT2D eigenvalue weighted by atomic mass is 9.94. The molecular weight excluding hydrogens is 399 g/mol. The molecule has 1 aromatic heterocycles. The maximum Gasteiger partial charge on any atom is 0.213 e. The van der Waals surface area contributed by atoms with Crippen molar-refractivity contribution in [3.63, 3.8) is 0 Å². The fourth-order valence-corrected chi connectivity index (χ4v) is 2.66. The number of hydrogen-bond donors (Lipinski definition) is 2. The average molecular weight is 425 g/mol. The second kappa shape index (κ2) is 9.16. The summed E-state index contributed by atoms with van der Waals surface area (Å²) in [6.07, 6.45) is 3.23. The van der Waals surface area contributed by atoms with Gasteiger partial charge in [-0.25, -0.2) is 9.37 Å². The van der Waals surface area contributed by atoms with E-state index in [9.17, 15) is 4.39 Å². The lowest BCUT2D eigenvalue weighted by Crippen LogP contribution is -2.37.